The fourth-order valence-corrected chi connectivity index (χ4v) is 2.96. The van der Waals surface area contributed by atoms with Gasteiger partial charge in [0.15, 0.2) is 6.29 Å². The van der Waals surface area contributed by atoms with Gasteiger partial charge in [-0.05, 0) is 37.8 Å². The van der Waals surface area contributed by atoms with E-state index in [-0.39, 0.29) is 11.0 Å². The molecule has 0 unspecified atom stereocenters. The molecule has 18 heavy (non-hydrogen) atoms. The Kier molecular flexibility index (Phi) is 4.04. The fraction of sp³-hybridized carbons (Fsp3) is 0.538. The number of rotatable bonds is 3. The highest BCUT2D eigenvalue weighted by Gasteiger charge is 2.29. The Hall–Kier alpha value is -0.910. The Labute approximate surface area is 108 Å². The van der Waals surface area contributed by atoms with Gasteiger partial charge in [-0.1, -0.05) is 25.1 Å². The highest BCUT2D eigenvalue weighted by Crippen LogP contribution is 2.27. The zero-order chi connectivity index (χ0) is 13.2. The number of ether oxygens (including phenoxy) is 1. The van der Waals surface area contributed by atoms with Crippen molar-refractivity contribution in [1.82, 2.24) is 0 Å². The SMILES string of the molecule is C[C@H]1CC[C@@H](OS(=O)(=O)c2ccccc2)O[C@@H]1C. The van der Waals surface area contributed by atoms with E-state index in [1.165, 1.54) is 12.1 Å². The summed E-state index contributed by atoms with van der Waals surface area (Å²) in [6.45, 7) is 4.03. The Balaban J connectivity index is 2.06. The summed E-state index contributed by atoms with van der Waals surface area (Å²) in [6, 6.07) is 8.14. The van der Waals surface area contributed by atoms with Crippen LogP contribution in [-0.2, 0) is 19.0 Å². The van der Waals surface area contributed by atoms with Gasteiger partial charge in [-0.15, -0.1) is 0 Å². The topological polar surface area (TPSA) is 52.6 Å². The van der Waals surface area contributed by atoms with Crippen LogP contribution < -0.4 is 0 Å². The summed E-state index contributed by atoms with van der Waals surface area (Å²) in [5.74, 6) is 0.435. The van der Waals surface area contributed by atoms with Crippen molar-refractivity contribution in [2.24, 2.45) is 5.92 Å². The van der Waals surface area contributed by atoms with Gasteiger partial charge in [-0.2, -0.15) is 8.42 Å². The van der Waals surface area contributed by atoms with Crippen molar-refractivity contribution >= 4 is 10.1 Å². The Bertz CT molecular complexity index is 483. The van der Waals surface area contributed by atoms with Crippen LogP contribution in [0.5, 0.6) is 0 Å². The molecule has 0 aliphatic carbocycles. The van der Waals surface area contributed by atoms with Crippen LogP contribution in [0, 0.1) is 5.92 Å². The van der Waals surface area contributed by atoms with Gasteiger partial charge < -0.3 is 4.74 Å². The Morgan fingerprint density at radius 1 is 1.17 bits per heavy atom. The van der Waals surface area contributed by atoms with Gasteiger partial charge in [0, 0.05) is 0 Å². The molecule has 5 heteroatoms. The molecule has 3 atom stereocenters. The first kappa shape index (κ1) is 13.5. The average Bonchev–Trinajstić information content (AvgIpc) is 2.35. The minimum atomic E-state index is -3.73. The first-order valence-corrected chi connectivity index (χ1v) is 7.53. The molecule has 1 aromatic rings. The molecule has 1 aliphatic rings. The predicted molar refractivity (Wildman–Crippen MR) is 67.4 cm³/mol. The molecule has 0 N–H and O–H groups in total. The normalized spacial score (nSPS) is 29.1. The third kappa shape index (κ3) is 3.10. The summed E-state index contributed by atoms with van der Waals surface area (Å²) in [5, 5.41) is 0. The third-order valence-electron chi connectivity index (χ3n) is 3.29. The first-order chi connectivity index (χ1) is 8.49. The summed E-state index contributed by atoms with van der Waals surface area (Å²) in [6.07, 6.45) is 0.879. The zero-order valence-electron chi connectivity index (χ0n) is 10.6. The monoisotopic (exact) mass is 270 g/mol. The van der Waals surface area contributed by atoms with E-state index in [1.54, 1.807) is 18.2 Å². The number of hydrogen-bond donors (Lipinski definition) is 0. The maximum atomic E-state index is 12.0. The molecule has 100 valence electrons. The van der Waals surface area contributed by atoms with Gasteiger partial charge in [-0.25, -0.2) is 4.18 Å². The average molecular weight is 270 g/mol. The molecule has 0 spiro atoms. The molecule has 4 nitrogen and oxygen atoms in total. The summed E-state index contributed by atoms with van der Waals surface area (Å²) < 4.78 is 34.7. The van der Waals surface area contributed by atoms with E-state index in [1.807, 2.05) is 6.92 Å². The van der Waals surface area contributed by atoms with Crippen LogP contribution in [0.2, 0.25) is 0 Å². The van der Waals surface area contributed by atoms with Crippen molar-refractivity contribution < 1.29 is 17.3 Å². The maximum absolute atomic E-state index is 12.0. The highest BCUT2D eigenvalue weighted by atomic mass is 32.2. The molecule has 1 saturated heterocycles. The second-order valence-electron chi connectivity index (χ2n) is 4.69. The lowest BCUT2D eigenvalue weighted by molar-refractivity contribution is -0.156. The van der Waals surface area contributed by atoms with Crippen LogP contribution in [0.25, 0.3) is 0 Å². The highest BCUT2D eigenvalue weighted by molar-refractivity contribution is 7.86. The second-order valence-corrected chi connectivity index (χ2v) is 6.26. The van der Waals surface area contributed by atoms with E-state index in [9.17, 15) is 8.42 Å². The summed E-state index contributed by atoms with van der Waals surface area (Å²) in [7, 11) is -3.73. The fourth-order valence-electron chi connectivity index (χ4n) is 1.93. The molecule has 0 bridgehead atoms. The predicted octanol–water partition coefficient (Wildman–Crippen LogP) is 2.55. The molecule has 1 aromatic carbocycles. The van der Waals surface area contributed by atoms with Crippen molar-refractivity contribution in [2.75, 3.05) is 0 Å². The molecule has 1 heterocycles. The van der Waals surface area contributed by atoms with Gasteiger partial charge >= 0.3 is 0 Å². The lowest BCUT2D eigenvalue weighted by Gasteiger charge is -2.31. The van der Waals surface area contributed by atoms with Gasteiger partial charge in [0.25, 0.3) is 10.1 Å². The lowest BCUT2D eigenvalue weighted by atomic mass is 9.97. The molecule has 1 fully saturated rings. The quantitative estimate of drug-likeness (QED) is 0.792. The molecular weight excluding hydrogens is 252 g/mol. The third-order valence-corrected chi connectivity index (χ3v) is 4.61. The van der Waals surface area contributed by atoms with Gasteiger partial charge in [0.1, 0.15) is 0 Å². The van der Waals surface area contributed by atoms with Gasteiger partial charge in [-0.3, -0.25) is 0 Å². The zero-order valence-corrected chi connectivity index (χ0v) is 11.4. The van der Waals surface area contributed by atoms with Gasteiger partial charge in [0.2, 0.25) is 0 Å². The van der Waals surface area contributed by atoms with Crippen LogP contribution in [0.15, 0.2) is 35.2 Å². The summed E-state index contributed by atoms with van der Waals surface area (Å²) >= 11 is 0. The standard InChI is InChI=1S/C13H18O4S/c1-10-8-9-13(16-11(10)2)17-18(14,15)12-6-4-3-5-7-12/h3-7,10-11,13H,8-9H2,1-2H3/t10-,11+,13+/m0/s1. The Morgan fingerprint density at radius 3 is 2.44 bits per heavy atom. The van der Waals surface area contributed by atoms with Crippen LogP contribution in [0.1, 0.15) is 26.7 Å². The van der Waals surface area contributed by atoms with E-state index in [2.05, 4.69) is 6.92 Å². The largest absolute Gasteiger partial charge is 0.348 e. The Morgan fingerprint density at radius 2 is 1.83 bits per heavy atom. The molecule has 0 radical (unpaired) electrons. The maximum Gasteiger partial charge on any atom is 0.299 e. The smallest absolute Gasteiger partial charge is 0.299 e. The first-order valence-electron chi connectivity index (χ1n) is 6.13. The lowest BCUT2D eigenvalue weighted by Crippen LogP contribution is -2.34. The minimum Gasteiger partial charge on any atom is -0.348 e. The van der Waals surface area contributed by atoms with E-state index in [0.29, 0.717) is 12.3 Å². The van der Waals surface area contributed by atoms with Crippen molar-refractivity contribution in [3.05, 3.63) is 30.3 Å². The van der Waals surface area contributed by atoms with E-state index in [4.69, 9.17) is 8.92 Å². The van der Waals surface area contributed by atoms with Crippen LogP contribution >= 0.6 is 0 Å². The van der Waals surface area contributed by atoms with E-state index in [0.717, 1.165) is 6.42 Å². The molecule has 1 aliphatic heterocycles. The molecule has 2 rings (SSSR count). The summed E-state index contributed by atoms with van der Waals surface area (Å²) in [4.78, 5) is 0.167. The number of hydrogen-bond acceptors (Lipinski definition) is 4. The van der Waals surface area contributed by atoms with Crippen molar-refractivity contribution in [1.29, 1.82) is 0 Å². The number of benzene rings is 1. The van der Waals surface area contributed by atoms with Crippen LogP contribution in [0.3, 0.4) is 0 Å². The molecule has 0 amide bonds. The van der Waals surface area contributed by atoms with Crippen LogP contribution in [-0.4, -0.2) is 20.8 Å². The van der Waals surface area contributed by atoms with Crippen molar-refractivity contribution in [2.45, 2.75) is 44.0 Å². The van der Waals surface area contributed by atoms with Gasteiger partial charge in [0.05, 0.1) is 11.0 Å². The summed E-state index contributed by atoms with van der Waals surface area (Å²) in [5.41, 5.74) is 0. The molecule has 0 aromatic heterocycles. The second kappa shape index (κ2) is 5.38. The van der Waals surface area contributed by atoms with Crippen molar-refractivity contribution in [3.63, 3.8) is 0 Å². The minimum absolute atomic E-state index is 0.0229. The van der Waals surface area contributed by atoms with Crippen LogP contribution in [0.4, 0.5) is 0 Å². The van der Waals surface area contributed by atoms with E-state index >= 15 is 0 Å². The molecule has 0 saturated carbocycles. The molecular formula is C13H18O4S. The van der Waals surface area contributed by atoms with E-state index < -0.39 is 16.4 Å². The van der Waals surface area contributed by atoms with Crippen molar-refractivity contribution in [3.8, 4) is 0 Å².